The van der Waals surface area contributed by atoms with Gasteiger partial charge in [0.05, 0.1) is 6.10 Å². The number of rotatable bonds is 2. The number of aliphatic hydroxyl groups excluding tert-OH is 1. The molecule has 0 saturated heterocycles. The minimum Gasteiger partial charge on any atom is -0.384 e. The van der Waals surface area contributed by atoms with Crippen LogP contribution >= 0.6 is 0 Å². The minimum atomic E-state index is -0.542. The van der Waals surface area contributed by atoms with Crippen LogP contribution < -0.4 is 0 Å². The van der Waals surface area contributed by atoms with Crippen molar-refractivity contribution in [2.75, 3.05) is 0 Å². The summed E-state index contributed by atoms with van der Waals surface area (Å²) in [5.41, 5.74) is 4.55. The van der Waals surface area contributed by atoms with Crippen LogP contribution in [0.3, 0.4) is 0 Å². The van der Waals surface area contributed by atoms with Gasteiger partial charge in [-0.1, -0.05) is 18.2 Å². The number of benzene rings is 1. The van der Waals surface area contributed by atoms with Crippen LogP contribution in [-0.4, -0.2) is 5.11 Å². The van der Waals surface area contributed by atoms with Gasteiger partial charge in [-0.25, -0.2) is 0 Å². The van der Waals surface area contributed by atoms with Crippen molar-refractivity contribution in [3.05, 3.63) is 47.0 Å². The third-order valence-electron chi connectivity index (χ3n) is 2.42. The van der Waals surface area contributed by atoms with Crippen molar-refractivity contribution >= 4 is 0 Å². The van der Waals surface area contributed by atoms with Crippen molar-refractivity contribution in [3.63, 3.8) is 0 Å². The molecule has 0 heterocycles. The Morgan fingerprint density at radius 1 is 1.15 bits per heavy atom. The Labute approximate surface area is 79.7 Å². The summed E-state index contributed by atoms with van der Waals surface area (Å²) in [5, 5.41) is 9.61. The van der Waals surface area contributed by atoms with Gasteiger partial charge in [0.15, 0.2) is 0 Å². The summed E-state index contributed by atoms with van der Waals surface area (Å²) in [7, 11) is 0. The van der Waals surface area contributed by atoms with Crippen LogP contribution in [0, 0.1) is 20.8 Å². The molecule has 0 aliphatic heterocycles. The molecule has 0 spiro atoms. The maximum atomic E-state index is 9.61. The molecule has 0 aromatic heterocycles. The van der Waals surface area contributed by atoms with E-state index in [1.165, 1.54) is 11.1 Å². The number of hydrogen-bond acceptors (Lipinski definition) is 1. The molecule has 0 aliphatic carbocycles. The Kier molecular flexibility index (Phi) is 2.89. The van der Waals surface area contributed by atoms with Crippen molar-refractivity contribution in [1.82, 2.24) is 0 Å². The molecule has 1 unspecified atom stereocenters. The molecular weight excluding hydrogens is 160 g/mol. The van der Waals surface area contributed by atoms with Gasteiger partial charge in [-0.2, -0.15) is 0 Å². The van der Waals surface area contributed by atoms with Gasteiger partial charge in [0.2, 0.25) is 0 Å². The van der Waals surface area contributed by atoms with Crippen LogP contribution in [0.25, 0.3) is 0 Å². The van der Waals surface area contributed by atoms with E-state index in [-0.39, 0.29) is 0 Å². The van der Waals surface area contributed by atoms with Gasteiger partial charge in [0, 0.05) is 0 Å². The first-order chi connectivity index (χ1) is 6.06. The Morgan fingerprint density at radius 2 is 1.69 bits per heavy atom. The predicted molar refractivity (Wildman–Crippen MR) is 55.8 cm³/mol. The van der Waals surface area contributed by atoms with Crippen LogP contribution in [0.4, 0.5) is 0 Å². The lowest BCUT2D eigenvalue weighted by atomic mass is 9.97. The van der Waals surface area contributed by atoms with Crippen LogP contribution in [0.1, 0.15) is 28.4 Å². The normalized spacial score (nSPS) is 12.6. The lowest BCUT2D eigenvalue weighted by Crippen LogP contribution is -1.98. The summed E-state index contributed by atoms with van der Waals surface area (Å²) in [4.78, 5) is 0. The molecule has 70 valence electrons. The van der Waals surface area contributed by atoms with Gasteiger partial charge in [0.25, 0.3) is 0 Å². The first kappa shape index (κ1) is 10.0. The SMILES string of the molecule is C=CC(O)c1cc(C)c(C)cc1C. The molecule has 0 bridgehead atoms. The molecule has 1 nitrogen and oxygen atoms in total. The first-order valence-electron chi connectivity index (χ1n) is 4.44. The highest BCUT2D eigenvalue weighted by molar-refractivity contribution is 5.38. The van der Waals surface area contributed by atoms with Crippen molar-refractivity contribution < 1.29 is 5.11 Å². The summed E-state index contributed by atoms with van der Waals surface area (Å²) in [6.45, 7) is 9.71. The van der Waals surface area contributed by atoms with E-state index in [9.17, 15) is 5.11 Å². The third kappa shape index (κ3) is 1.99. The van der Waals surface area contributed by atoms with Crippen molar-refractivity contribution in [2.45, 2.75) is 26.9 Å². The highest BCUT2D eigenvalue weighted by atomic mass is 16.3. The average Bonchev–Trinajstić information content (AvgIpc) is 2.10. The molecule has 1 atom stereocenters. The summed E-state index contributed by atoms with van der Waals surface area (Å²) in [5.74, 6) is 0. The predicted octanol–water partition coefficient (Wildman–Crippen LogP) is 2.83. The molecule has 1 heteroatoms. The molecule has 0 radical (unpaired) electrons. The molecule has 1 aromatic rings. The third-order valence-corrected chi connectivity index (χ3v) is 2.42. The molecule has 0 aliphatic rings. The van der Waals surface area contributed by atoms with E-state index in [2.05, 4.69) is 19.6 Å². The molecule has 1 aromatic carbocycles. The van der Waals surface area contributed by atoms with E-state index in [1.54, 1.807) is 6.08 Å². The van der Waals surface area contributed by atoms with Crippen molar-refractivity contribution in [2.24, 2.45) is 0 Å². The quantitative estimate of drug-likeness (QED) is 0.687. The maximum absolute atomic E-state index is 9.61. The number of hydrogen-bond donors (Lipinski definition) is 1. The Bertz CT molecular complexity index is 326. The Balaban J connectivity index is 3.22. The summed E-state index contributed by atoms with van der Waals surface area (Å²) in [6.07, 6.45) is 1.01. The molecular formula is C12H16O. The van der Waals surface area contributed by atoms with E-state index < -0.39 is 6.10 Å². The van der Waals surface area contributed by atoms with Crippen LogP contribution in [0.2, 0.25) is 0 Å². The molecule has 0 fully saturated rings. The zero-order chi connectivity index (χ0) is 10.0. The maximum Gasteiger partial charge on any atom is 0.0971 e. The van der Waals surface area contributed by atoms with Crippen LogP contribution in [0.15, 0.2) is 24.8 Å². The van der Waals surface area contributed by atoms with E-state index >= 15 is 0 Å². The second kappa shape index (κ2) is 3.75. The van der Waals surface area contributed by atoms with E-state index in [0.717, 1.165) is 11.1 Å². The lowest BCUT2D eigenvalue weighted by molar-refractivity contribution is 0.228. The van der Waals surface area contributed by atoms with Crippen LogP contribution in [-0.2, 0) is 0 Å². The fourth-order valence-corrected chi connectivity index (χ4v) is 1.43. The zero-order valence-corrected chi connectivity index (χ0v) is 8.46. The fourth-order valence-electron chi connectivity index (χ4n) is 1.43. The minimum absolute atomic E-state index is 0.542. The van der Waals surface area contributed by atoms with Gasteiger partial charge in [-0.05, 0) is 43.0 Å². The van der Waals surface area contributed by atoms with Gasteiger partial charge in [0.1, 0.15) is 0 Å². The fraction of sp³-hybridized carbons (Fsp3) is 0.333. The molecule has 0 amide bonds. The van der Waals surface area contributed by atoms with E-state index in [0.29, 0.717) is 0 Å². The number of aryl methyl sites for hydroxylation is 3. The average molecular weight is 176 g/mol. The van der Waals surface area contributed by atoms with Crippen molar-refractivity contribution in [3.8, 4) is 0 Å². The van der Waals surface area contributed by atoms with Gasteiger partial charge < -0.3 is 5.11 Å². The van der Waals surface area contributed by atoms with Gasteiger partial charge in [-0.3, -0.25) is 0 Å². The number of aliphatic hydroxyl groups is 1. The molecule has 0 saturated carbocycles. The smallest absolute Gasteiger partial charge is 0.0971 e. The van der Waals surface area contributed by atoms with E-state index in [1.807, 2.05) is 19.9 Å². The summed E-state index contributed by atoms with van der Waals surface area (Å²) < 4.78 is 0. The standard InChI is InChI=1S/C12H16O/c1-5-12(13)11-7-9(3)8(2)6-10(11)4/h5-7,12-13H,1H2,2-4H3. The first-order valence-corrected chi connectivity index (χ1v) is 4.44. The second-order valence-electron chi connectivity index (χ2n) is 3.47. The molecule has 1 rings (SSSR count). The molecule has 1 N–H and O–H groups in total. The molecule has 13 heavy (non-hydrogen) atoms. The lowest BCUT2D eigenvalue weighted by Gasteiger charge is -2.12. The monoisotopic (exact) mass is 176 g/mol. The topological polar surface area (TPSA) is 20.2 Å². The highest BCUT2D eigenvalue weighted by Gasteiger charge is 2.07. The van der Waals surface area contributed by atoms with Crippen molar-refractivity contribution in [1.29, 1.82) is 0 Å². The van der Waals surface area contributed by atoms with Gasteiger partial charge >= 0.3 is 0 Å². The Morgan fingerprint density at radius 3 is 2.23 bits per heavy atom. The summed E-state index contributed by atoms with van der Waals surface area (Å²) >= 11 is 0. The van der Waals surface area contributed by atoms with E-state index in [4.69, 9.17) is 0 Å². The zero-order valence-electron chi connectivity index (χ0n) is 8.46. The largest absolute Gasteiger partial charge is 0.384 e. The summed E-state index contributed by atoms with van der Waals surface area (Å²) in [6, 6.07) is 4.12. The second-order valence-corrected chi connectivity index (χ2v) is 3.47. The van der Waals surface area contributed by atoms with Crippen LogP contribution in [0.5, 0.6) is 0 Å². The Hall–Kier alpha value is -1.08. The highest BCUT2D eigenvalue weighted by Crippen LogP contribution is 2.22. The van der Waals surface area contributed by atoms with Gasteiger partial charge in [-0.15, -0.1) is 6.58 Å².